The number of hydrogen-bond donors (Lipinski definition) is 3. The molecule has 1 aromatic heterocycles. The Labute approximate surface area is 119 Å². The molecule has 0 fully saturated rings. The molecule has 1 heterocycles. The van der Waals surface area contributed by atoms with Crippen molar-refractivity contribution in [1.29, 1.82) is 0 Å². The average molecular weight is 300 g/mol. The number of pyridine rings is 1. The number of nitrogens with zero attached hydrogens (tertiary/aromatic N) is 1. The second-order valence-corrected chi connectivity index (χ2v) is 6.15. The zero-order valence-electron chi connectivity index (χ0n) is 11.6. The third kappa shape index (κ3) is 5.54. The van der Waals surface area contributed by atoms with Crippen LogP contribution in [-0.4, -0.2) is 38.2 Å². The second-order valence-electron chi connectivity index (χ2n) is 4.42. The highest BCUT2D eigenvalue weighted by Gasteiger charge is 2.13. The predicted octanol–water partition coefficient (Wildman–Crippen LogP) is 0.230. The molecular weight excluding hydrogens is 280 g/mol. The number of aryl methyl sites for hydroxylation is 1. The number of rotatable bonds is 7. The molecule has 1 amide bonds. The molecular formula is C12H20N4O3S. The predicted molar refractivity (Wildman–Crippen MR) is 78.1 cm³/mol. The first-order valence-corrected chi connectivity index (χ1v) is 8.04. The van der Waals surface area contributed by atoms with Crippen LogP contribution in [0.4, 0.5) is 5.69 Å². The van der Waals surface area contributed by atoms with E-state index in [2.05, 4.69) is 15.6 Å². The van der Waals surface area contributed by atoms with Gasteiger partial charge < -0.3 is 10.6 Å². The van der Waals surface area contributed by atoms with Gasteiger partial charge in [-0.2, -0.15) is 0 Å². The fourth-order valence-electron chi connectivity index (χ4n) is 1.55. The lowest BCUT2D eigenvalue weighted by Gasteiger charge is -2.12. The van der Waals surface area contributed by atoms with E-state index in [4.69, 9.17) is 5.14 Å². The molecule has 0 aliphatic carbocycles. The van der Waals surface area contributed by atoms with E-state index in [0.29, 0.717) is 11.3 Å². The molecule has 0 spiro atoms. The Kier molecular flexibility index (Phi) is 5.90. The molecule has 0 aliphatic heterocycles. The van der Waals surface area contributed by atoms with Crippen LogP contribution in [0.1, 0.15) is 29.4 Å². The van der Waals surface area contributed by atoms with E-state index in [1.165, 1.54) is 6.20 Å². The number of carbonyl (C=O) groups excluding carboxylic acids is 1. The molecule has 0 saturated carbocycles. The minimum atomic E-state index is -3.58. The van der Waals surface area contributed by atoms with E-state index in [0.717, 1.165) is 18.7 Å². The molecule has 112 valence electrons. The van der Waals surface area contributed by atoms with Gasteiger partial charge in [0.1, 0.15) is 0 Å². The number of anilines is 1. The fraction of sp³-hybridized carbons (Fsp3) is 0.500. The maximum absolute atomic E-state index is 12.0. The molecule has 0 saturated heterocycles. The summed E-state index contributed by atoms with van der Waals surface area (Å²) in [6, 6.07) is 1.78. The van der Waals surface area contributed by atoms with E-state index in [1.54, 1.807) is 6.07 Å². The van der Waals surface area contributed by atoms with Crippen molar-refractivity contribution in [2.45, 2.75) is 20.3 Å². The van der Waals surface area contributed by atoms with E-state index in [9.17, 15) is 13.2 Å². The number of primary sulfonamides is 1. The Morgan fingerprint density at radius 1 is 1.40 bits per heavy atom. The molecule has 1 aromatic rings. The SMILES string of the molecule is CCCNc1cc(C)ncc1C(=O)NCCS(N)(=O)=O. The highest BCUT2D eigenvalue weighted by molar-refractivity contribution is 7.89. The van der Waals surface area contributed by atoms with Gasteiger partial charge in [0.05, 0.1) is 17.0 Å². The number of carbonyl (C=O) groups is 1. The van der Waals surface area contributed by atoms with Gasteiger partial charge in [0, 0.05) is 25.0 Å². The summed E-state index contributed by atoms with van der Waals surface area (Å²) in [5, 5.41) is 10.5. The lowest BCUT2D eigenvalue weighted by molar-refractivity contribution is 0.0956. The van der Waals surface area contributed by atoms with Gasteiger partial charge in [0.15, 0.2) is 0 Å². The first kappa shape index (κ1) is 16.4. The van der Waals surface area contributed by atoms with Gasteiger partial charge >= 0.3 is 0 Å². The first-order chi connectivity index (χ1) is 9.33. The van der Waals surface area contributed by atoms with E-state index >= 15 is 0 Å². The molecule has 0 radical (unpaired) electrons. The minimum Gasteiger partial charge on any atom is -0.384 e. The van der Waals surface area contributed by atoms with Gasteiger partial charge in [-0.15, -0.1) is 0 Å². The molecule has 0 unspecified atom stereocenters. The molecule has 20 heavy (non-hydrogen) atoms. The lowest BCUT2D eigenvalue weighted by atomic mass is 10.2. The van der Waals surface area contributed by atoms with Crippen LogP contribution < -0.4 is 15.8 Å². The summed E-state index contributed by atoms with van der Waals surface area (Å²) in [6.45, 7) is 4.56. The van der Waals surface area contributed by atoms with Crippen LogP contribution in [0.2, 0.25) is 0 Å². The molecule has 4 N–H and O–H groups in total. The zero-order chi connectivity index (χ0) is 15.2. The first-order valence-electron chi connectivity index (χ1n) is 6.32. The number of nitrogens with one attached hydrogen (secondary N) is 2. The van der Waals surface area contributed by atoms with Gasteiger partial charge in [-0.1, -0.05) is 6.92 Å². The van der Waals surface area contributed by atoms with Gasteiger partial charge in [-0.3, -0.25) is 9.78 Å². The number of nitrogens with two attached hydrogens (primary N) is 1. The Morgan fingerprint density at radius 2 is 2.10 bits per heavy atom. The summed E-state index contributed by atoms with van der Waals surface area (Å²) >= 11 is 0. The summed E-state index contributed by atoms with van der Waals surface area (Å²) in [6.07, 6.45) is 2.40. The summed E-state index contributed by atoms with van der Waals surface area (Å²) in [5.74, 6) is -0.671. The smallest absolute Gasteiger partial charge is 0.254 e. The van der Waals surface area contributed by atoms with Gasteiger partial charge in [0.2, 0.25) is 10.0 Å². The van der Waals surface area contributed by atoms with Crippen molar-refractivity contribution < 1.29 is 13.2 Å². The van der Waals surface area contributed by atoms with Gasteiger partial charge in [0.25, 0.3) is 5.91 Å². The van der Waals surface area contributed by atoms with E-state index in [-0.39, 0.29) is 18.2 Å². The maximum atomic E-state index is 12.0. The van der Waals surface area contributed by atoms with Gasteiger partial charge in [-0.05, 0) is 19.4 Å². The Morgan fingerprint density at radius 3 is 2.70 bits per heavy atom. The maximum Gasteiger partial charge on any atom is 0.254 e. The molecule has 7 nitrogen and oxygen atoms in total. The zero-order valence-corrected chi connectivity index (χ0v) is 12.5. The van der Waals surface area contributed by atoms with Crippen LogP contribution >= 0.6 is 0 Å². The normalized spacial score (nSPS) is 11.2. The molecule has 0 aliphatic rings. The number of aromatic nitrogens is 1. The topological polar surface area (TPSA) is 114 Å². The molecule has 0 bridgehead atoms. The van der Waals surface area contributed by atoms with E-state index < -0.39 is 10.0 Å². The summed E-state index contributed by atoms with van der Waals surface area (Å²) < 4.78 is 21.6. The molecule has 1 rings (SSSR count). The van der Waals surface area contributed by atoms with Crippen LogP contribution in [0.15, 0.2) is 12.3 Å². The standard InChI is InChI=1S/C12H20N4O3S/c1-3-4-14-11-7-9(2)16-8-10(11)12(17)15-5-6-20(13,18)19/h7-8H,3-6H2,1-2H3,(H,14,16)(H,15,17)(H2,13,18,19). The van der Waals surface area contributed by atoms with Crippen molar-refractivity contribution in [2.24, 2.45) is 5.14 Å². The van der Waals surface area contributed by atoms with Crippen molar-refractivity contribution in [3.63, 3.8) is 0 Å². The molecule has 0 aromatic carbocycles. The average Bonchev–Trinajstić information content (AvgIpc) is 2.34. The van der Waals surface area contributed by atoms with Crippen LogP contribution in [0, 0.1) is 6.92 Å². The highest BCUT2D eigenvalue weighted by Crippen LogP contribution is 2.15. The van der Waals surface area contributed by atoms with Gasteiger partial charge in [-0.25, -0.2) is 13.6 Å². The van der Waals surface area contributed by atoms with Crippen LogP contribution in [0.25, 0.3) is 0 Å². The Bertz CT molecular complexity index is 572. The summed E-state index contributed by atoms with van der Waals surface area (Å²) in [7, 11) is -3.58. The largest absolute Gasteiger partial charge is 0.384 e. The lowest BCUT2D eigenvalue weighted by Crippen LogP contribution is -2.32. The minimum absolute atomic E-state index is 0.0290. The van der Waals surface area contributed by atoms with Crippen molar-refractivity contribution in [3.8, 4) is 0 Å². The third-order valence-corrected chi connectivity index (χ3v) is 3.30. The Balaban J connectivity index is 2.76. The van der Waals surface area contributed by atoms with Crippen LogP contribution in [0.3, 0.4) is 0 Å². The molecule has 8 heteroatoms. The number of amides is 1. The summed E-state index contributed by atoms with van der Waals surface area (Å²) in [5.41, 5.74) is 1.87. The molecule has 0 atom stereocenters. The summed E-state index contributed by atoms with van der Waals surface area (Å²) in [4.78, 5) is 16.1. The fourth-order valence-corrected chi connectivity index (χ4v) is 1.94. The number of sulfonamides is 1. The monoisotopic (exact) mass is 300 g/mol. The van der Waals surface area contributed by atoms with Crippen LogP contribution in [-0.2, 0) is 10.0 Å². The van der Waals surface area contributed by atoms with Crippen LogP contribution in [0.5, 0.6) is 0 Å². The number of hydrogen-bond acceptors (Lipinski definition) is 5. The quantitative estimate of drug-likeness (QED) is 0.667. The third-order valence-electron chi connectivity index (χ3n) is 2.52. The van der Waals surface area contributed by atoms with Crippen molar-refractivity contribution in [2.75, 3.05) is 24.2 Å². The van der Waals surface area contributed by atoms with Crippen molar-refractivity contribution in [3.05, 3.63) is 23.5 Å². The highest BCUT2D eigenvalue weighted by atomic mass is 32.2. The van der Waals surface area contributed by atoms with Crippen molar-refractivity contribution in [1.82, 2.24) is 10.3 Å². The van der Waals surface area contributed by atoms with E-state index in [1.807, 2.05) is 13.8 Å². The second kappa shape index (κ2) is 7.20. The Hall–Kier alpha value is -1.67. The van der Waals surface area contributed by atoms with Crippen molar-refractivity contribution >= 4 is 21.6 Å².